The largest absolute Gasteiger partial charge is 0.464 e. The highest BCUT2D eigenvalue weighted by molar-refractivity contribution is 5.81. The minimum Gasteiger partial charge on any atom is -0.464 e. The first-order valence-corrected chi connectivity index (χ1v) is 9.47. The molecule has 27 heavy (non-hydrogen) atoms. The van der Waals surface area contributed by atoms with Gasteiger partial charge in [-0.15, -0.1) is 0 Å². The summed E-state index contributed by atoms with van der Waals surface area (Å²) < 4.78 is 15.5. The van der Waals surface area contributed by atoms with Crippen molar-refractivity contribution in [1.82, 2.24) is 10.6 Å². The summed E-state index contributed by atoms with van der Waals surface area (Å²) in [4.78, 5) is 35.7. The van der Waals surface area contributed by atoms with Gasteiger partial charge in [-0.2, -0.15) is 0 Å². The van der Waals surface area contributed by atoms with Crippen molar-refractivity contribution in [2.45, 2.75) is 91.4 Å². The number of amides is 2. The van der Waals surface area contributed by atoms with Crippen molar-refractivity contribution in [3.8, 4) is 0 Å². The van der Waals surface area contributed by atoms with Gasteiger partial charge in [-0.05, 0) is 67.2 Å². The zero-order chi connectivity index (χ0) is 21.1. The molecular weight excluding hydrogens is 352 g/mol. The Labute approximate surface area is 162 Å². The Morgan fingerprint density at radius 3 is 1.96 bits per heavy atom. The maximum Gasteiger partial charge on any atom is 0.408 e. The predicted molar refractivity (Wildman–Crippen MR) is 102 cm³/mol. The van der Waals surface area contributed by atoms with Gasteiger partial charge < -0.3 is 24.8 Å². The Morgan fingerprint density at radius 2 is 1.44 bits per heavy atom. The fourth-order valence-corrected chi connectivity index (χ4v) is 1.98. The lowest BCUT2D eigenvalue weighted by molar-refractivity contribution is -0.146. The zero-order valence-electron chi connectivity index (χ0n) is 17.8. The average molecular weight is 389 g/mol. The maximum atomic E-state index is 12.1. The normalized spacial score (nSPS) is 12.7. The van der Waals surface area contributed by atoms with Gasteiger partial charge in [0.15, 0.2) is 0 Å². The van der Waals surface area contributed by atoms with Crippen molar-refractivity contribution in [3.63, 3.8) is 0 Å². The summed E-state index contributed by atoms with van der Waals surface area (Å²) in [5, 5.41) is 5.22. The third-order valence-electron chi connectivity index (χ3n) is 3.01. The number of rotatable bonds is 9. The first-order chi connectivity index (χ1) is 12.3. The van der Waals surface area contributed by atoms with Gasteiger partial charge in [-0.1, -0.05) is 6.92 Å². The number of esters is 1. The highest BCUT2D eigenvalue weighted by Gasteiger charge is 2.25. The first kappa shape index (κ1) is 25.0. The van der Waals surface area contributed by atoms with E-state index >= 15 is 0 Å². The number of carbonyl (C=O) groups is 3. The molecule has 0 rings (SSSR count). The second-order valence-corrected chi connectivity index (χ2v) is 8.29. The van der Waals surface area contributed by atoms with Crippen LogP contribution in [-0.4, -0.2) is 48.6 Å². The Hall–Kier alpha value is -1.99. The molecule has 2 amide bonds. The average Bonchev–Trinajstić information content (AvgIpc) is 2.47. The van der Waals surface area contributed by atoms with Crippen LogP contribution in [0.25, 0.3) is 0 Å². The molecule has 0 aliphatic heterocycles. The van der Waals surface area contributed by atoms with E-state index in [1.54, 1.807) is 41.5 Å². The van der Waals surface area contributed by atoms with Crippen molar-refractivity contribution < 1.29 is 28.6 Å². The fraction of sp³-hybridized carbons (Fsp3) is 0.842. The molecule has 158 valence electrons. The van der Waals surface area contributed by atoms with Crippen LogP contribution in [0, 0.1) is 0 Å². The van der Waals surface area contributed by atoms with Crippen molar-refractivity contribution >= 4 is 18.2 Å². The first-order valence-electron chi connectivity index (χ1n) is 9.47. The smallest absolute Gasteiger partial charge is 0.408 e. The summed E-state index contributed by atoms with van der Waals surface area (Å²) in [5.74, 6) is -0.484. The predicted octanol–water partition coefficient (Wildman–Crippen LogP) is 3.53. The second-order valence-electron chi connectivity index (χ2n) is 8.29. The van der Waals surface area contributed by atoms with Gasteiger partial charge in [0.2, 0.25) is 0 Å². The Morgan fingerprint density at radius 1 is 0.889 bits per heavy atom. The minimum atomic E-state index is -0.784. The molecule has 0 saturated heterocycles. The van der Waals surface area contributed by atoms with E-state index in [1.165, 1.54) is 0 Å². The number of ether oxygens (including phenoxy) is 3. The number of nitrogens with one attached hydrogen (secondary N) is 2. The quantitative estimate of drug-likeness (QED) is 0.356. The molecule has 8 nitrogen and oxygen atoms in total. The van der Waals surface area contributed by atoms with Crippen LogP contribution in [-0.2, 0) is 19.0 Å². The number of carbonyl (C=O) groups excluding carboxylic acids is 3. The van der Waals surface area contributed by atoms with Gasteiger partial charge in [0.1, 0.15) is 17.2 Å². The van der Waals surface area contributed by atoms with Gasteiger partial charge in [-0.25, -0.2) is 14.4 Å². The molecule has 0 aromatic heterocycles. The molecule has 1 unspecified atom stereocenters. The molecule has 0 aliphatic carbocycles. The summed E-state index contributed by atoms with van der Waals surface area (Å²) in [6.45, 7) is 13.2. The number of unbranched alkanes of at least 4 members (excludes halogenated alkanes) is 1. The molecule has 0 aromatic rings. The number of alkyl carbamates (subject to hydrolysis) is 2. The summed E-state index contributed by atoms with van der Waals surface area (Å²) in [7, 11) is 0. The van der Waals surface area contributed by atoms with Gasteiger partial charge in [-0.3, -0.25) is 0 Å². The molecule has 0 bridgehead atoms. The van der Waals surface area contributed by atoms with Crippen molar-refractivity contribution in [2.75, 3.05) is 13.2 Å². The summed E-state index contributed by atoms with van der Waals surface area (Å²) in [6, 6.07) is -0.784. The third-order valence-corrected chi connectivity index (χ3v) is 3.01. The van der Waals surface area contributed by atoms with Crippen LogP contribution in [0.15, 0.2) is 0 Å². The molecule has 8 heteroatoms. The minimum absolute atomic E-state index is 0.297. The van der Waals surface area contributed by atoms with Crippen LogP contribution in [0.5, 0.6) is 0 Å². The van der Waals surface area contributed by atoms with Crippen LogP contribution in [0.2, 0.25) is 0 Å². The Balaban J connectivity index is 4.41. The molecule has 0 aromatic carbocycles. The molecule has 0 heterocycles. The Bertz CT molecular complexity index is 480. The second kappa shape index (κ2) is 11.7. The topological polar surface area (TPSA) is 103 Å². The molecular formula is C19H36N2O6. The van der Waals surface area contributed by atoms with Crippen LogP contribution < -0.4 is 10.6 Å². The van der Waals surface area contributed by atoms with Gasteiger partial charge >= 0.3 is 18.2 Å². The lowest BCUT2D eigenvalue weighted by atomic mass is 10.1. The van der Waals surface area contributed by atoms with E-state index in [0.29, 0.717) is 38.8 Å². The van der Waals surface area contributed by atoms with Gasteiger partial charge in [0, 0.05) is 6.54 Å². The van der Waals surface area contributed by atoms with E-state index in [4.69, 9.17) is 14.2 Å². The highest BCUT2D eigenvalue weighted by Crippen LogP contribution is 2.10. The van der Waals surface area contributed by atoms with E-state index < -0.39 is 35.4 Å². The molecule has 2 N–H and O–H groups in total. The van der Waals surface area contributed by atoms with E-state index in [-0.39, 0.29) is 0 Å². The molecule has 0 fully saturated rings. The fourth-order valence-electron chi connectivity index (χ4n) is 1.98. The summed E-state index contributed by atoms with van der Waals surface area (Å²) in [6.07, 6.45) is 1.19. The van der Waals surface area contributed by atoms with Crippen LogP contribution in [0.1, 0.15) is 74.1 Å². The highest BCUT2D eigenvalue weighted by atomic mass is 16.6. The van der Waals surface area contributed by atoms with E-state index in [2.05, 4.69) is 10.6 Å². The molecule has 0 aliphatic rings. The van der Waals surface area contributed by atoms with Crippen LogP contribution in [0.4, 0.5) is 9.59 Å². The zero-order valence-corrected chi connectivity index (χ0v) is 17.8. The van der Waals surface area contributed by atoms with Gasteiger partial charge in [0.05, 0.1) is 6.61 Å². The van der Waals surface area contributed by atoms with Crippen molar-refractivity contribution in [1.29, 1.82) is 0 Å². The molecule has 0 spiro atoms. The van der Waals surface area contributed by atoms with Crippen molar-refractivity contribution in [3.05, 3.63) is 0 Å². The monoisotopic (exact) mass is 388 g/mol. The molecule has 0 saturated carbocycles. The third kappa shape index (κ3) is 14.8. The van der Waals surface area contributed by atoms with E-state index in [0.717, 1.165) is 0 Å². The van der Waals surface area contributed by atoms with Crippen LogP contribution in [0.3, 0.4) is 0 Å². The Kier molecular flexibility index (Phi) is 10.8. The van der Waals surface area contributed by atoms with Crippen molar-refractivity contribution in [2.24, 2.45) is 0 Å². The lowest BCUT2D eigenvalue weighted by Gasteiger charge is -2.23. The number of hydrogen-bond donors (Lipinski definition) is 2. The molecule has 0 radical (unpaired) electrons. The van der Waals surface area contributed by atoms with E-state index in [1.807, 2.05) is 6.92 Å². The van der Waals surface area contributed by atoms with Gasteiger partial charge in [0.25, 0.3) is 0 Å². The summed E-state index contributed by atoms with van der Waals surface area (Å²) >= 11 is 0. The van der Waals surface area contributed by atoms with Crippen LogP contribution >= 0.6 is 0 Å². The standard InChI is InChI=1S/C19H36N2O6/c1-8-13-25-15(22)14(21-17(24)27-19(5,6)7)11-9-10-12-20-16(23)26-18(2,3)4/h14H,8-13H2,1-7H3,(H,20,23)(H,21,24). The SMILES string of the molecule is CCCOC(=O)C(CCCCNC(=O)OC(C)(C)C)NC(=O)OC(C)(C)C. The maximum absolute atomic E-state index is 12.1. The molecule has 1 atom stereocenters. The number of hydrogen-bond acceptors (Lipinski definition) is 6. The lowest BCUT2D eigenvalue weighted by Crippen LogP contribution is -2.44. The van der Waals surface area contributed by atoms with E-state index in [9.17, 15) is 14.4 Å². The summed E-state index contributed by atoms with van der Waals surface area (Å²) in [5.41, 5.74) is -1.20.